The summed E-state index contributed by atoms with van der Waals surface area (Å²) in [7, 11) is 0. The first-order chi connectivity index (χ1) is 11.0. The SMILES string of the molecule is Cc1ccc(C)c(OCCNC(=O)Nc2c(Cl)cccc2Cl)c1. The number of hydrogen-bond donors (Lipinski definition) is 2. The molecule has 2 N–H and O–H groups in total. The standard InChI is InChI=1S/C17H18Cl2N2O2/c1-11-6-7-12(2)15(10-11)23-9-8-20-17(22)21-16-13(18)4-3-5-14(16)19/h3-7,10H,8-9H2,1-2H3,(H2,20,21,22). The summed E-state index contributed by atoms with van der Waals surface area (Å²) in [6, 6.07) is 10.7. The van der Waals surface area contributed by atoms with Crippen molar-refractivity contribution in [2.75, 3.05) is 18.5 Å². The van der Waals surface area contributed by atoms with E-state index in [9.17, 15) is 4.79 Å². The fourth-order valence-corrected chi connectivity index (χ4v) is 2.46. The van der Waals surface area contributed by atoms with Crippen LogP contribution in [-0.4, -0.2) is 19.2 Å². The lowest BCUT2D eigenvalue weighted by Gasteiger charge is -2.12. The van der Waals surface area contributed by atoms with E-state index < -0.39 is 0 Å². The zero-order chi connectivity index (χ0) is 16.8. The molecule has 0 saturated heterocycles. The van der Waals surface area contributed by atoms with Crippen LogP contribution < -0.4 is 15.4 Å². The summed E-state index contributed by atoms with van der Waals surface area (Å²) in [4.78, 5) is 11.9. The molecule has 0 heterocycles. The largest absolute Gasteiger partial charge is 0.491 e. The summed E-state index contributed by atoms with van der Waals surface area (Å²) in [5, 5.41) is 6.10. The topological polar surface area (TPSA) is 50.4 Å². The van der Waals surface area contributed by atoms with Gasteiger partial charge < -0.3 is 15.4 Å². The van der Waals surface area contributed by atoms with Crippen molar-refractivity contribution in [3.8, 4) is 5.75 Å². The van der Waals surface area contributed by atoms with Gasteiger partial charge in [-0.25, -0.2) is 4.79 Å². The van der Waals surface area contributed by atoms with Gasteiger partial charge >= 0.3 is 6.03 Å². The van der Waals surface area contributed by atoms with E-state index in [-0.39, 0.29) is 6.03 Å². The Labute approximate surface area is 145 Å². The second-order valence-corrected chi connectivity index (χ2v) is 5.91. The number of para-hydroxylation sites is 1. The normalized spacial score (nSPS) is 10.3. The van der Waals surface area contributed by atoms with Gasteiger partial charge in [-0.15, -0.1) is 0 Å². The molecule has 0 atom stereocenters. The molecule has 0 fully saturated rings. The third-order valence-electron chi connectivity index (χ3n) is 3.19. The molecule has 0 aliphatic rings. The Hall–Kier alpha value is -1.91. The Morgan fingerprint density at radius 1 is 1.13 bits per heavy atom. The Balaban J connectivity index is 1.80. The van der Waals surface area contributed by atoms with Crippen LogP contribution >= 0.6 is 23.2 Å². The maximum Gasteiger partial charge on any atom is 0.319 e. The van der Waals surface area contributed by atoms with Gasteiger partial charge in [0.2, 0.25) is 0 Å². The third kappa shape index (κ3) is 5.05. The predicted octanol–water partition coefficient (Wildman–Crippen LogP) is 4.81. The summed E-state index contributed by atoms with van der Waals surface area (Å²) in [5.41, 5.74) is 2.58. The molecule has 0 aliphatic heterocycles. The number of rotatable bonds is 5. The van der Waals surface area contributed by atoms with Gasteiger partial charge in [-0.05, 0) is 43.2 Å². The summed E-state index contributed by atoms with van der Waals surface area (Å²) >= 11 is 12.0. The fraction of sp³-hybridized carbons (Fsp3) is 0.235. The summed E-state index contributed by atoms with van der Waals surface area (Å²) in [6.45, 7) is 4.72. The van der Waals surface area contributed by atoms with Crippen molar-refractivity contribution in [1.82, 2.24) is 5.32 Å². The van der Waals surface area contributed by atoms with Gasteiger partial charge in [0.15, 0.2) is 0 Å². The predicted molar refractivity (Wildman–Crippen MR) is 94.9 cm³/mol. The average molecular weight is 353 g/mol. The minimum atomic E-state index is -0.385. The molecule has 122 valence electrons. The van der Waals surface area contributed by atoms with Crippen molar-refractivity contribution in [1.29, 1.82) is 0 Å². The van der Waals surface area contributed by atoms with E-state index in [4.69, 9.17) is 27.9 Å². The van der Waals surface area contributed by atoms with Crippen molar-refractivity contribution in [2.45, 2.75) is 13.8 Å². The molecule has 0 radical (unpaired) electrons. The molecule has 0 unspecified atom stereocenters. The second-order valence-electron chi connectivity index (χ2n) is 5.09. The van der Waals surface area contributed by atoms with Crippen LogP contribution in [0.5, 0.6) is 5.75 Å². The van der Waals surface area contributed by atoms with Crippen LogP contribution in [0.15, 0.2) is 36.4 Å². The number of hydrogen-bond acceptors (Lipinski definition) is 2. The van der Waals surface area contributed by atoms with Crippen LogP contribution in [0.4, 0.5) is 10.5 Å². The van der Waals surface area contributed by atoms with Gasteiger partial charge in [-0.1, -0.05) is 41.4 Å². The smallest absolute Gasteiger partial charge is 0.319 e. The van der Waals surface area contributed by atoms with Gasteiger partial charge in [0.05, 0.1) is 22.3 Å². The maximum atomic E-state index is 11.9. The summed E-state index contributed by atoms with van der Waals surface area (Å²) < 4.78 is 5.67. The van der Waals surface area contributed by atoms with E-state index in [1.54, 1.807) is 18.2 Å². The first kappa shape index (κ1) is 17.4. The number of nitrogens with one attached hydrogen (secondary N) is 2. The molecular weight excluding hydrogens is 335 g/mol. The zero-order valence-electron chi connectivity index (χ0n) is 13.0. The lowest BCUT2D eigenvalue weighted by molar-refractivity contribution is 0.247. The number of aryl methyl sites for hydroxylation is 2. The highest BCUT2D eigenvalue weighted by Gasteiger charge is 2.09. The molecule has 4 nitrogen and oxygen atoms in total. The molecule has 23 heavy (non-hydrogen) atoms. The van der Waals surface area contributed by atoms with Gasteiger partial charge in [0.25, 0.3) is 0 Å². The van der Waals surface area contributed by atoms with Crippen LogP contribution in [0.25, 0.3) is 0 Å². The third-order valence-corrected chi connectivity index (χ3v) is 3.82. The Morgan fingerprint density at radius 2 is 1.83 bits per heavy atom. The van der Waals surface area contributed by atoms with Gasteiger partial charge in [0, 0.05) is 0 Å². The summed E-state index contributed by atoms with van der Waals surface area (Å²) in [6.07, 6.45) is 0. The molecular formula is C17H18Cl2N2O2. The van der Waals surface area contributed by atoms with E-state index in [0.29, 0.717) is 28.9 Å². The number of ether oxygens (including phenoxy) is 1. The van der Waals surface area contributed by atoms with Gasteiger partial charge in [-0.3, -0.25) is 0 Å². The molecule has 0 aromatic heterocycles. The number of carbonyl (C=O) groups is 1. The van der Waals surface area contributed by atoms with E-state index in [0.717, 1.165) is 16.9 Å². The fourth-order valence-electron chi connectivity index (χ4n) is 1.96. The quantitative estimate of drug-likeness (QED) is 0.758. The zero-order valence-corrected chi connectivity index (χ0v) is 14.5. The molecule has 2 amide bonds. The highest BCUT2D eigenvalue weighted by atomic mass is 35.5. The first-order valence-electron chi connectivity index (χ1n) is 7.16. The molecule has 2 aromatic rings. The summed E-state index contributed by atoms with van der Waals surface area (Å²) in [5.74, 6) is 0.821. The van der Waals surface area contributed by atoms with Crippen LogP contribution in [-0.2, 0) is 0 Å². The van der Waals surface area contributed by atoms with Crippen molar-refractivity contribution in [3.63, 3.8) is 0 Å². The molecule has 6 heteroatoms. The number of urea groups is 1. The molecule has 2 aromatic carbocycles. The lowest BCUT2D eigenvalue weighted by Crippen LogP contribution is -2.32. The highest BCUT2D eigenvalue weighted by molar-refractivity contribution is 6.39. The maximum absolute atomic E-state index is 11.9. The molecule has 0 saturated carbocycles. The van der Waals surface area contributed by atoms with Crippen molar-refractivity contribution >= 4 is 34.9 Å². The molecule has 0 aliphatic carbocycles. The van der Waals surface area contributed by atoms with Crippen LogP contribution in [0.2, 0.25) is 10.0 Å². The van der Waals surface area contributed by atoms with Crippen molar-refractivity contribution < 1.29 is 9.53 Å². The minimum Gasteiger partial charge on any atom is -0.491 e. The highest BCUT2D eigenvalue weighted by Crippen LogP contribution is 2.29. The van der Waals surface area contributed by atoms with Crippen molar-refractivity contribution in [2.24, 2.45) is 0 Å². The van der Waals surface area contributed by atoms with Crippen LogP contribution in [0.1, 0.15) is 11.1 Å². The first-order valence-corrected chi connectivity index (χ1v) is 7.92. The van der Waals surface area contributed by atoms with Gasteiger partial charge in [0.1, 0.15) is 12.4 Å². The average Bonchev–Trinajstić information content (AvgIpc) is 2.51. The van der Waals surface area contributed by atoms with Gasteiger partial charge in [-0.2, -0.15) is 0 Å². The van der Waals surface area contributed by atoms with E-state index in [1.807, 2.05) is 32.0 Å². The number of amides is 2. The number of carbonyl (C=O) groups excluding carboxylic acids is 1. The van der Waals surface area contributed by atoms with E-state index in [1.165, 1.54) is 0 Å². The number of anilines is 1. The monoisotopic (exact) mass is 352 g/mol. The van der Waals surface area contributed by atoms with Crippen LogP contribution in [0.3, 0.4) is 0 Å². The van der Waals surface area contributed by atoms with Crippen LogP contribution in [0, 0.1) is 13.8 Å². The second kappa shape index (κ2) is 8.09. The van der Waals surface area contributed by atoms with E-state index in [2.05, 4.69) is 10.6 Å². The number of benzene rings is 2. The molecule has 2 rings (SSSR count). The Morgan fingerprint density at radius 3 is 2.52 bits per heavy atom. The number of halogens is 2. The molecule has 0 bridgehead atoms. The van der Waals surface area contributed by atoms with E-state index >= 15 is 0 Å². The lowest BCUT2D eigenvalue weighted by atomic mass is 10.1. The Bertz CT molecular complexity index is 685. The minimum absolute atomic E-state index is 0.362. The molecule has 0 spiro atoms. The Kier molecular flexibility index (Phi) is 6.13. The van der Waals surface area contributed by atoms with Crippen molar-refractivity contribution in [3.05, 3.63) is 57.6 Å².